The Hall–Kier alpha value is -1.62. The Balaban J connectivity index is 1.98. The molecule has 0 aliphatic heterocycles. The quantitative estimate of drug-likeness (QED) is 0.818. The van der Waals surface area contributed by atoms with Crippen LogP contribution in [0.4, 0.5) is 0 Å². The number of rotatable bonds is 5. The Labute approximate surface area is 106 Å². The summed E-state index contributed by atoms with van der Waals surface area (Å²) in [5.74, 6) is 0.188. The van der Waals surface area contributed by atoms with Crippen LogP contribution >= 0.6 is 0 Å². The number of carbonyl (C=O) groups excluding carboxylic acids is 1. The average molecular weight is 250 g/mol. The SMILES string of the molecule is O=C(CO)NCc1cccnc1OC1CCCC1. The summed E-state index contributed by atoms with van der Waals surface area (Å²) in [4.78, 5) is 15.2. The van der Waals surface area contributed by atoms with Gasteiger partial charge in [-0.3, -0.25) is 4.79 Å². The Morgan fingerprint density at radius 3 is 3.00 bits per heavy atom. The monoisotopic (exact) mass is 250 g/mol. The second-order valence-corrected chi connectivity index (χ2v) is 4.43. The lowest BCUT2D eigenvalue weighted by Gasteiger charge is -2.15. The first-order chi connectivity index (χ1) is 8.79. The van der Waals surface area contributed by atoms with E-state index in [0.29, 0.717) is 12.4 Å². The molecule has 0 unspecified atom stereocenters. The molecule has 1 fully saturated rings. The fraction of sp³-hybridized carbons (Fsp3) is 0.538. The summed E-state index contributed by atoms with van der Waals surface area (Å²) in [5.41, 5.74) is 0.839. The van der Waals surface area contributed by atoms with Crippen molar-refractivity contribution in [3.63, 3.8) is 0 Å². The average Bonchev–Trinajstić information content (AvgIpc) is 2.90. The van der Waals surface area contributed by atoms with Gasteiger partial charge in [0, 0.05) is 18.3 Å². The van der Waals surface area contributed by atoms with Gasteiger partial charge in [0.15, 0.2) is 0 Å². The van der Waals surface area contributed by atoms with Gasteiger partial charge in [-0.25, -0.2) is 4.98 Å². The van der Waals surface area contributed by atoms with E-state index >= 15 is 0 Å². The number of aromatic nitrogens is 1. The minimum Gasteiger partial charge on any atom is -0.474 e. The number of hydrogen-bond acceptors (Lipinski definition) is 4. The molecule has 1 heterocycles. The number of aliphatic hydroxyl groups is 1. The summed E-state index contributed by atoms with van der Waals surface area (Å²) in [6, 6.07) is 3.68. The minimum atomic E-state index is -0.501. The second-order valence-electron chi connectivity index (χ2n) is 4.43. The van der Waals surface area contributed by atoms with Gasteiger partial charge in [0.25, 0.3) is 0 Å². The van der Waals surface area contributed by atoms with E-state index in [2.05, 4.69) is 10.3 Å². The van der Waals surface area contributed by atoms with Gasteiger partial charge in [-0.2, -0.15) is 0 Å². The van der Waals surface area contributed by atoms with Crippen molar-refractivity contribution in [3.8, 4) is 5.88 Å². The van der Waals surface area contributed by atoms with E-state index in [-0.39, 0.29) is 6.10 Å². The van der Waals surface area contributed by atoms with Gasteiger partial charge in [0.05, 0.1) is 0 Å². The van der Waals surface area contributed by atoms with Crippen molar-refractivity contribution in [1.82, 2.24) is 10.3 Å². The van der Waals surface area contributed by atoms with Crippen LogP contribution in [0.2, 0.25) is 0 Å². The van der Waals surface area contributed by atoms with Gasteiger partial charge in [0.1, 0.15) is 12.7 Å². The van der Waals surface area contributed by atoms with Crippen molar-refractivity contribution in [2.75, 3.05) is 6.61 Å². The molecule has 2 rings (SSSR count). The molecule has 0 bridgehead atoms. The number of pyridine rings is 1. The van der Waals surface area contributed by atoms with Crippen LogP contribution in [0.25, 0.3) is 0 Å². The van der Waals surface area contributed by atoms with Crippen molar-refractivity contribution < 1.29 is 14.6 Å². The van der Waals surface area contributed by atoms with Gasteiger partial charge in [-0.15, -0.1) is 0 Å². The van der Waals surface area contributed by atoms with Crippen LogP contribution in [0.1, 0.15) is 31.2 Å². The Morgan fingerprint density at radius 2 is 2.28 bits per heavy atom. The molecule has 1 amide bonds. The summed E-state index contributed by atoms with van der Waals surface area (Å²) in [6.45, 7) is -0.172. The largest absolute Gasteiger partial charge is 0.474 e. The standard InChI is InChI=1S/C13H18N2O3/c16-9-12(17)15-8-10-4-3-7-14-13(10)18-11-5-1-2-6-11/h3-4,7,11,16H,1-2,5-6,8-9H2,(H,15,17). The molecule has 1 aromatic rings. The molecule has 0 saturated heterocycles. The molecule has 0 spiro atoms. The molecular weight excluding hydrogens is 232 g/mol. The summed E-state index contributed by atoms with van der Waals surface area (Å²) in [6.07, 6.45) is 6.47. The van der Waals surface area contributed by atoms with E-state index < -0.39 is 12.5 Å². The Kier molecular flexibility index (Phi) is 4.52. The van der Waals surface area contributed by atoms with E-state index in [4.69, 9.17) is 9.84 Å². The molecule has 0 aromatic carbocycles. The normalized spacial score (nSPS) is 15.6. The van der Waals surface area contributed by atoms with Gasteiger partial charge in [-0.1, -0.05) is 6.07 Å². The van der Waals surface area contributed by atoms with E-state index in [9.17, 15) is 4.79 Å². The highest BCUT2D eigenvalue weighted by Crippen LogP contribution is 2.24. The van der Waals surface area contributed by atoms with Gasteiger partial charge in [-0.05, 0) is 31.7 Å². The molecule has 1 saturated carbocycles. The lowest BCUT2D eigenvalue weighted by Crippen LogP contribution is -2.26. The zero-order valence-corrected chi connectivity index (χ0v) is 10.3. The number of hydrogen-bond donors (Lipinski definition) is 2. The van der Waals surface area contributed by atoms with Crippen LogP contribution in [0, 0.1) is 0 Å². The lowest BCUT2D eigenvalue weighted by atomic mass is 10.2. The summed E-state index contributed by atoms with van der Waals surface area (Å²) >= 11 is 0. The van der Waals surface area contributed by atoms with Crippen molar-refractivity contribution in [2.24, 2.45) is 0 Å². The number of carbonyl (C=O) groups is 1. The Bertz CT molecular complexity index is 403. The maximum absolute atomic E-state index is 11.0. The molecule has 98 valence electrons. The minimum absolute atomic E-state index is 0.243. The second kappa shape index (κ2) is 6.35. The summed E-state index contributed by atoms with van der Waals surface area (Å²) < 4.78 is 5.85. The number of ether oxygens (including phenoxy) is 1. The van der Waals surface area contributed by atoms with Gasteiger partial charge in [0.2, 0.25) is 11.8 Å². The van der Waals surface area contributed by atoms with E-state index in [1.165, 1.54) is 12.8 Å². The van der Waals surface area contributed by atoms with E-state index in [1.807, 2.05) is 12.1 Å². The molecule has 18 heavy (non-hydrogen) atoms. The first kappa shape index (κ1) is 12.8. The number of aliphatic hydroxyl groups excluding tert-OH is 1. The highest BCUT2D eigenvalue weighted by molar-refractivity contribution is 5.76. The number of nitrogens with zero attached hydrogens (tertiary/aromatic N) is 1. The molecule has 5 heteroatoms. The van der Waals surface area contributed by atoms with Gasteiger partial charge < -0.3 is 15.2 Å². The predicted molar refractivity (Wildman–Crippen MR) is 66.1 cm³/mol. The third kappa shape index (κ3) is 3.43. The summed E-state index contributed by atoms with van der Waals surface area (Å²) in [7, 11) is 0. The molecule has 0 atom stereocenters. The smallest absolute Gasteiger partial charge is 0.245 e. The molecule has 0 radical (unpaired) electrons. The maximum Gasteiger partial charge on any atom is 0.245 e. The van der Waals surface area contributed by atoms with Crippen molar-refractivity contribution >= 4 is 5.91 Å². The van der Waals surface area contributed by atoms with Crippen LogP contribution < -0.4 is 10.1 Å². The van der Waals surface area contributed by atoms with Gasteiger partial charge >= 0.3 is 0 Å². The zero-order valence-electron chi connectivity index (χ0n) is 10.3. The van der Waals surface area contributed by atoms with Crippen molar-refractivity contribution in [1.29, 1.82) is 0 Å². The molecule has 1 aromatic heterocycles. The van der Waals surface area contributed by atoms with E-state index in [1.54, 1.807) is 6.20 Å². The summed E-state index contributed by atoms with van der Waals surface area (Å²) in [5, 5.41) is 11.3. The highest BCUT2D eigenvalue weighted by Gasteiger charge is 2.18. The van der Waals surface area contributed by atoms with Crippen LogP contribution in [0.3, 0.4) is 0 Å². The molecule has 1 aliphatic carbocycles. The third-order valence-corrected chi connectivity index (χ3v) is 3.05. The van der Waals surface area contributed by atoms with Crippen LogP contribution in [-0.4, -0.2) is 28.7 Å². The van der Waals surface area contributed by atoms with Crippen LogP contribution in [-0.2, 0) is 11.3 Å². The first-order valence-corrected chi connectivity index (χ1v) is 6.27. The van der Waals surface area contributed by atoms with Crippen LogP contribution in [0.15, 0.2) is 18.3 Å². The molecule has 1 aliphatic rings. The van der Waals surface area contributed by atoms with Crippen LogP contribution in [0.5, 0.6) is 5.88 Å². The zero-order chi connectivity index (χ0) is 12.8. The lowest BCUT2D eigenvalue weighted by molar-refractivity contribution is -0.123. The third-order valence-electron chi connectivity index (χ3n) is 3.05. The highest BCUT2D eigenvalue weighted by atomic mass is 16.5. The fourth-order valence-electron chi connectivity index (χ4n) is 2.08. The maximum atomic E-state index is 11.0. The topological polar surface area (TPSA) is 71.5 Å². The fourth-order valence-corrected chi connectivity index (χ4v) is 2.08. The molecule has 2 N–H and O–H groups in total. The molecular formula is C13H18N2O3. The van der Waals surface area contributed by atoms with E-state index in [0.717, 1.165) is 18.4 Å². The molecule has 5 nitrogen and oxygen atoms in total. The number of amides is 1. The first-order valence-electron chi connectivity index (χ1n) is 6.27. The predicted octanol–water partition coefficient (Wildman–Crippen LogP) is 1.01. The number of nitrogens with one attached hydrogen (secondary N) is 1. The van der Waals surface area contributed by atoms with Crippen molar-refractivity contribution in [3.05, 3.63) is 23.9 Å². The Morgan fingerprint density at radius 1 is 1.50 bits per heavy atom. The van der Waals surface area contributed by atoms with Crippen molar-refractivity contribution in [2.45, 2.75) is 38.3 Å².